The smallest absolute Gasteiger partial charge is 0.358 e. The van der Waals surface area contributed by atoms with Gasteiger partial charge in [0, 0.05) is 11.1 Å². The van der Waals surface area contributed by atoms with Gasteiger partial charge in [0.2, 0.25) is 0 Å². The third-order valence-corrected chi connectivity index (χ3v) is 2.97. The number of hydrogen-bond donors (Lipinski definition) is 1. The SMILES string of the molecule is Cc1c(C(=O)O)noc1-c1ccc(C(C)C)cc1. The number of carbonyl (C=O) groups is 1. The van der Waals surface area contributed by atoms with Crippen LogP contribution in [0.15, 0.2) is 28.8 Å². The summed E-state index contributed by atoms with van der Waals surface area (Å²) >= 11 is 0. The van der Waals surface area contributed by atoms with E-state index in [0.29, 0.717) is 17.2 Å². The van der Waals surface area contributed by atoms with Crippen molar-refractivity contribution in [3.05, 3.63) is 41.1 Å². The zero-order chi connectivity index (χ0) is 13.3. The average molecular weight is 245 g/mol. The number of rotatable bonds is 3. The zero-order valence-corrected chi connectivity index (χ0v) is 10.6. The molecule has 4 heteroatoms. The molecule has 0 radical (unpaired) electrons. The van der Waals surface area contributed by atoms with Crippen LogP contribution in [0.5, 0.6) is 0 Å². The molecule has 0 fully saturated rings. The second-order valence-corrected chi connectivity index (χ2v) is 4.57. The minimum Gasteiger partial charge on any atom is -0.476 e. The fourth-order valence-corrected chi connectivity index (χ4v) is 1.82. The Balaban J connectivity index is 2.40. The third kappa shape index (κ3) is 2.14. The lowest BCUT2D eigenvalue weighted by Gasteiger charge is -2.05. The van der Waals surface area contributed by atoms with E-state index in [-0.39, 0.29) is 5.69 Å². The topological polar surface area (TPSA) is 63.3 Å². The van der Waals surface area contributed by atoms with Crippen molar-refractivity contribution in [1.29, 1.82) is 0 Å². The molecule has 0 aliphatic carbocycles. The molecule has 0 aliphatic rings. The summed E-state index contributed by atoms with van der Waals surface area (Å²) in [5.41, 5.74) is 2.60. The average Bonchev–Trinajstić information content (AvgIpc) is 2.71. The number of nitrogens with zero attached hydrogens (tertiary/aromatic N) is 1. The van der Waals surface area contributed by atoms with Crippen molar-refractivity contribution in [2.45, 2.75) is 26.7 Å². The van der Waals surface area contributed by atoms with E-state index < -0.39 is 5.97 Å². The first kappa shape index (κ1) is 12.4. The van der Waals surface area contributed by atoms with Crippen molar-refractivity contribution >= 4 is 5.97 Å². The highest BCUT2D eigenvalue weighted by atomic mass is 16.5. The Kier molecular flexibility index (Phi) is 3.19. The molecular formula is C14H15NO3. The maximum Gasteiger partial charge on any atom is 0.358 e. The minimum atomic E-state index is -1.07. The molecule has 0 saturated heterocycles. The van der Waals surface area contributed by atoms with Gasteiger partial charge in [-0.25, -0.2) is 4.79 Å². The van der Waals surface area contributed by atoms with Crippen LogP contribution in [0, 0.1) is 6.92 Å². The second-order valence-electron chi connectivity index (χ2n) is 4.57. The Labute approximate surface area is 105 Å². The maximum absolute atomic E-state index is 10.9. The number of hydrogen-bond acceptors (Lipinski definition) is 3. The van der Waals surface area contributed by atoms with Gasteiger partial charge < -0.3 is 9.63 Å². The lowest BCUT2D eigenvalue weighted by molar-refractivity contribution is 0.0685. The van der Waals surface area contributed by atoms with Gasteiger partial charge in [0.1, 0.15) is 0 Å². The summed E-state index contributed by atoms with van der Waals surface area (Å²) in [5, 5.41) is 12.5. The van der Waals surface area contributed by atoms with Crippen molar-refractivity contribution in [1.82, 2.24) is 5.16 Å². The highest BCUT2D eigenvalue weighted by Gasteiger charge is 2.18. The van der Waals surface area contributed by atoms with Gasteiger partial charge in [0.05, 0.1) is 0 Å². The molecule has 0 saturated carbocycles. The molecule has 0 unspecified atom stereocenters. The quantitative estimate of drug-likeness (QED) is 0.899. The van der Waals surface area contributed by atoms with Crippen molar-refractivity contribution < 1.29 is 14.4 Å². The van der Waals surface area contributed by atoms with Crippen molar-refractivity contribution in [3.63, 3.8) is 0 Å². The zero-order valence-electron chi connectivity index (χ0n) is 10.6. The van der Waals surface area contributed by atoms with Crippen LogP contribution in [0.2, 0.25) is 0 Å². The number of aromatic nitrogens is 1. The van der Waals surface area contributed by atoms with Gasteiger partial charge >= 0.3 is 5.97 Å². The molecule has 2 aromatic rings. The summed E-state index contributed by atoms with van der Waals surface area (Å²) in [7, 11) is 0. The van der Waals surface area contributed by atoms with Crippen LogP contribution in [0.3, 0.4) is 0 Å². The van der Waals surface area contributed by atoms with E-state index in [1.54, 1.807) is 6.92 Å². The number of carboxylic acids is 1. The molecule has 4 nitrogen and oxygen atoms in total. The van der Waals surface area contributed by atoms with Crippen LogP contribution >= 0.6 is 0 Å². The van der Waals surface area contributed by atoms with Crippen LogP contribution in [0.1, 0.15) is 41.4 Å². The summed E-state index contributed by atoms with van der Waals surface area (Å²) in [5.74, 6) is -0.0894. The van der Waals surface area contributed by atoms with Crippen LogP contribution in [-0.2, 0) is 0 Å². The molecule has 0 bridgehead atoms. The van der Waals surface area contributed by atoms with E-state index in [2.05, 4.69) is 19.0 Å². The molecule has 94 valence electrons. The number of aromatic carboxylic acids is 1. The monoisotopic (exact) mass is 245 g/mol. The van der Waals surface area contributed by atoms with Gasteiger partial charge in [0.15, 0.2) is 11.5 Å². The lowest BCUT2D eigenvalue weighted by Crippen LogP contribution is -1.98. The summed E-state index contributed by atoms with van der Waals surface area (Å²) < 4.78 is 5.11. The van der Waals surface area contributed by atoms with Gasteiger partial charge in [-0.05, 0) is 18.4 Å². The molecule has 18 heavy (non-hydrogen) atoms. The summed E-state index contributed by atoms with van der Waals surface area (Å²) in [4.78, 5) is 10.9. The van der Waals surface area contributed by atoms with Crippen molar-refractivity contribution in [2.75, 3.05) is 0 Å². The Morgan fingerprint density at radius 1 is 1.28 bits per heavy atom. The van der Waals surface area contributed by atoms with Crippen molar-refractivity contribution in [3.8, 4) is 11.3 Å². The second kappa shape index (κ2) is 4.64. The van der Waals surface area contributed by atoms with Crippen molar-refractivity contribution in [2.24, 2.45) is 0 Å². The molecule has 2 rings (SSSR count). The Morgan fingerprint density at radius 2 is 1.89 bits per heavy atom. The minimum absolute atomic E-state index is 0.0297. The molecule has 0 spiro atoms. The van der Waals surface area contributed by atoms with Crippen LogP contribution in [0.4, 0.5) is 0 Å². The largest absolute Gasteiger partial charge is 0.476 e. The van der Waals surface area contributed by atoms with E-state index in [4.69, 9.17) is 9.63 Å². The van der Waals surface area contributed by atoms with Crippen LogP contribution < -0.4 is 0 Å². The van der Waals surface area contributed by atoms with Gasteiger partial charge in [-0.3, -0.25) is 0 Å². The fourth-order valence-electron chi connectivity index (χ4n) is 1.82. The lowest BCUT2D eigenvalue weighted by atomic mass is 10.00. The van der Waals surface area contributed by atoms with E-state index in [1.807, 2.05) is 24.3 Å². The van der Waals surface area contributed by atoms with Gasteiger partial charge in [-0.1, -0.05) is 43.3 Å². The first-order valence-electron chi connectivity index (χ1n) is 5.80. The normalized spacial score (nSPS) is 10.9. The first-order chi connectivity index (χ1) is 8.50. The molecule has 1 N–H and O–H groups in total. The number of benzene rings is 1. The maximum atomic E-state index is 10.9. The highest BCUT2D eigenvalue weighted by Crippen LogP contribution is 2.27. The predicted molar refractivity (Wildman–Crippen MR) is 67.7 cm³/mol. The Morgan fingerprint density at radius 3 is 2.33 bits per heavy atom. The standard InChI is InChI=1S/C14H15NO3/c1-8(2)10-4-6-11(7-5-10)13-9(3)12(14(16)17)15-18-13/h4-8H,1-3H3,(H,16,17). The highest BCUT2D eigenvalue weighted by molar-refractivity contribution is 5.88. The van der Waals surface area contributed by atoms with Gasteiger partial charge in [-0.2, -0.15) is 0 Å². The first-order valence-corrected chi connectivity index (χ1v) is 5.80. The molecule has 1 aromatic carbocycles. The summed E-state index contributed by atoms with van der Waals surface area (Å²) in [6.07, 6.45) is 0. The van der Waals surface area contributed by atoms with Gasteiger partial charge in [0.25, 0.3) is 0 Å². The van der Waals surface area contributed by atoms with Crippen LogP contribution in [-0.4, -0.2) is 16.2 Å². The van der Waals surface area contributed by atoms with E-state index in [9.17, 15) is 4.79 Å². The molecule has 1 heterocycles. The fraction of sp³-hybridized carbons (Fsp3) is 0.286. The molecule has 0 aliphatic heterocycles. The molecule has 0 atom stereocenters. The van der Waals surface area contributed by atoms with E-state index >= 15 is 0 Å². The molecule has 0 amide bonds. The number of carboxylic acid groups (broad SMARTS) is 1. The molecular weight excluding hydrogens is 230 g/mol. The van der Waals surface area contributed by atoms with Gasteiger partial charge in [-0.15, -0.1) is 0 Å². The van der Waals surface area contributed by atoms with Crippen LogP contribution in [0.25, 0.3) is 11.3 Å². The Bertz CT molecular complexity index is 567. The summed E-state index contributed by atoms with van der Waals surface area (Å²) in [6.45, 7) is 5.94. The third-order valence-electron chi connectivity index (χ3n) is 2.97. The predicted octanol–water partition coefficient (Wildman–Crippen LogP) is 3.47. The van der Waals surface area contributed by atoms with E-state index in [0.717, 1.165) is 5.56 Å². The summed E-state index contributed by atoms with van der Waals surface area (Å²) in [6, 6.07) is 7.88. The molecule has 1 aromatic heterocycles. The van der Waals surface area contributed by atoms with E-state index in [1.165, 1.54) is 5.56 Å². The Hall–Kier alpha value is -2.10.